The number of hydrogen-bond acceptors (Lipinski definition) is 10. The van der Waals surface area contributed by atoms with Crippen LogP contribution in [0.3, 0.4) is 0 Å². The highest BCUT2D eigenvalue weighted by Crippen LogP contribution is 2.27. The van der Waals surface area contributed by atoms with Crippen molar-refractivity contribution in [3.8, 4) is 0 Å². The zero-order chi connectivity index (χ0) is 26.9. The van der Waals surface area contributed by atoms with Crippen molar-refractivity contribution in [2.45, 2.75) is 58.2 Å². The van der Waals surface area contributed by atoms with Crippen molar-refractivity contribution in [1.29, 1.82) is 0 Å². The molecule has 13 heteroatoms. The van der Waals surface area contributed by atoms with Gasteiger partial charge in [0.15, 0.2) is 11.5 Å². The van der Waals surface area contributed by atoms with Gasteiger partial charge in [-0.25, -0.2) is 4.39 Å². The number of rotatable bonds is 7. The van der Waals surface area contributed by atoms with Crippen LogP contribution >= 0.6 is 11.5 Å². The van der Waals surface area contributed by atoms with Gasteiger partial charge in [0, 0.05) is 18.6 Å². The molecule has 2 amide bonds. The second-order valence-electron chi connectivity index (χ2n) is 9.54. The third-order valence-corrected chi connectivity index (χ3v) is 7.06. The molecular formula is C24H29FN8O3S. The van der Waals surface area contributed by atoms with Crippen LogP contribution in [0.4, 0.5) is 21.2 Å². The van der Waals surface area contributed by atoms with Gasteiger partial charge < -0.3 is 26.4 Å². The number of aromatic nitrogens is 4. The maximum atomic E-state index is 14.7. The summed E-state index contributed by atoms with van der Waals surface area (Å²) in [4.78, 5) is 31.2. The van der Waals surface area contributed by atoms with Crippen LogP contribution in [0, 0.1) is 12.7 Å². The second-order valence-corrected chi connectivity index (χ2v) is 10.3. The lowest BCUT2D eigenvalue weighted by Crippen LogP contribution is -2.54. The van der Waals surface area contributed by atoms with E-state index < -0.39 is 23.2 Å². The molecule has 1 aliphatic rings. The average molecular weight is 529 g/mol. The number of amides is 2. The summed E-state index contributed by atoms with van der Waals surface area (Å²) in [5.74, 6) is -1.61. The molecule has 0 bridgehead atoms. The maximum Gasteiger partial charge on any atom is 0.273 e. The Kier molecular flexibility index (Phi) is 7.37. The molecule has 1 saturated heterocycles. The molecule has 1 aromatic carbocycles. The van der Waals surface area contributed by atoms with Crippen LogP contribution < -0.4 is 21.3 Å². The molecule has 11 nitrogen and oxygen atoms in total. The summed E-state index contributed by atoms with van der Waals surface area (Å²) in [5.41, 5.74) is 5.22. The Morgan fingerprint density at radius 1 is 1.27 bits per heavy atom. The maximum absolute atomic E-state index is 14.7. The predicted octanol–water partition coefficient (Wildman–Crippen LogP) is 2.63. The minimum Gasteiger partial charge on any atom is -0.386 e. The Morgan fingerprint density at radius 3 is 2.65 bits per heavy atom. The lowest BCUT2D eigenvalue weighted by atomic mass is 9.95. The highest BCUT2D eigenvalue weighted by Gasteiger charge is 2.32. The predicted molar refractivity (Wildman–Crippen MR) is 137 cm³/mol. The van der Waals surface area contributed by atoms with Crippen LogP contribution in [0.25, 0.3) is 0 Å². The second kappa shape index (κ2) is 10.3. The van der Waals surface area contributed by atoms with Crippen LogP contribution in [0.1, 0.15) is 65.7 Å². The molecule has 1 fully saturated rings. The number of nitrogens with zero attached hydrogens (tertiary/aromatic N) is 5. The van der Waals surface area contributed by atoms with Crippen LogP contribution in [0.2, 0.25) is 0 Å². The van der Waals surface area contributed by atoms with E-state index in [1.54, 1.807) is 19.9 Å². The Hall–Kier alpha value is -3.71. The minimum absolute atomic E-state index is 0.103. The Bertz CT molecular complexity index is 1330. The number of carbonyl (C=O) groups excluding carboxylic acids is 2. The van der Waals surface area contributed by atoms with Crippen molar-refractivity contribution >= 4 is 40.1 Å². The number of benzene rings is 1. The molecule has 0 unspecified atom stereocenters. The molecule has 2 atom stereocenters. The van der Waals surface area contributed by atoms with Crippen molar-refractivity contribution in [3.63, 3.8) is 0 Å². The Labute approximate surface area is 217 Å². The number of aliphatic hydroxyl groups is 1. The first-order valence-corrected chi connectivity index (χ1v) is 12.6. The zero-order valence-corrected chi connectivity index (χ0v) is 21.8. The summed E-state index contributed by atoms with van der Waals surface area (Å²) in [7, 11) is 0. The molecule has 1 aliphatic heterocycles. The van der Waals surface area contributed by atoms with Gasteiger partial charge in [-0.3, -0.25) is 9.59 Å². The van der Waals surface area contributed by atoms with Crippen molar-refractivity contribution in [1.82, 2.24) is 24.9 Å². The minimum atomic E-state index is -1.22. The van der Waals surface area contributed by atoms with E-state index in [4.69, 9.17) is 5.73 Å². The topological polar surface area (TPSA) is 159 Å². The molecule has 196 valence electrons. The standard InChI is InChI=1S/C24H29FN8O3S/c1-12-10-18(37-32-12)28-21-19(20(26)34)30-31-23(29-21)33-9-5-6-17(13(33)2)27-22(35)15-8-7-14(11-16(15)25)24(3,4)36/h7-8,10-11,13,17,36H,5-6,9H2,1-4H3,(H2,26,34)(H,27,35)(H,28,29,31)/t13-,17-/m1/s1. The summed E-state index contributed by atoms with van der Waals surface area (Å²) in [5, 5.41) is 24.8. The number of aryl methyl sites for hydroxylation is 1. The van der Waals surface area contributed by atoms with Crippen molar-refractivity contribution < 1.29 is 19.1 Å². The van der Waals surface area contributed by atoms with Gasteiger partial charge in [0.2, 0.25) is 5.95 Å². The normalized spacial score (nSPS) is 17.9. The van der Waals surface area contributed by atoms with Crippen molar-refractivity contribution in [3.05, 3.63) is 52.6 Å². The average Bonchev–Trinajstić information content (AvgIpc) is 3.23. The van der Waals surface area contributed by atoms with Crippen LogP contribution in [0.15, 0.2) is 24.3 Å². The zero-order valence-electron chi connectivity index (χ0n) is 20.9. The largest absolute Gasteiger partial charge is 0.386 e. The number of halogens is 1. The number of primary amides is 1. The summed E-state index contributed by atoms with van der Waals surface area (Å²) < 4.78 is 18.9. The van der Waals surface area contributed by atoms with E-state index in [0.29, 0.717) is 30.0 Å². The number of anilines is 3. The van der Waals surface area contributed by atoms with E-state index >= 15 is 0 Å². The fourth-order valence-corrected chi connectivity index (χ4v) is 4.84. The number of nitrogens with one attached hydrogen (secondary N) is 2. The van der Waals surface area contributed by atoms with Crippen LogP contribution in [-0.4, -0.2) is 55.1 Å². The molecule has 0 radical (unpaired) electrons. The van der Waals surface area contributed by atoms with E-state index in [1.807, 2.05) is 18.7 Å². The van der Waals surface area contributed by atoms with E-state index in [0.717, 1.165) is 5.69 Å². The van der Waals surface area contributed by atoms with E-state index in [9.17, 15) is 19.1 Å². The van der Waals surface area contributed by atoms with Crippen molar-refractivity contribution in [2.24, 2.45) is 5.73 Å². The van der Waals surface area contributed by atoms with Gasteiger partial charge in [-0.2, -0.15) is 9.36 Å². The van der Waals surface area contributed by atoms with Gasteiger partial charge in [-0.05, 0) is 75.8 Å². The summed E-state index contributed by atoms with van der Waals surface area (Å²) in [6.07, 6.45) is 1.39. The van der Waals surface area contributed by atoms with Crippen LogP contribution in [0.5, 0.6) is 0 Å². The fraction of sp³-hybridized carbons (Fsp3) is 0.417. The lowest BCUT2D eigenvalue weighted by Gasteiger charge is -2.39. The summed E-state index contributed by atoms with van der Waals surface area (Å²) in [6.45, 7) is 7.44. The first kappa shape index (κ1) is 26.4. The smallest absolute Gasteiger partial charge is 0.273 e. The highest BCUT2D eigenvalue weighted by molar-refractivity contribution is 7.10. The molecule has 3 aromatic rings. The van der Waals surface area contributed by atoms with E-state index in [2.05, 4.69) is 30.2 Å². The van der Waals surface area contributed by atoms with Gasteiger partial charge in [0.1, 0.15) is 10.8 Å². The monoisotopic (exact) mass is 528 g/mol. The van der Waals surface area contributed by atoms with Gasteiger partial charge in [0.05, 0.1) is 16.9 Å². The lowest BCUT2D eigenvalue weighted by molar-refractivity contribution is 0.0779. The first-order valence-electron chi connectivity index (χ1n) is 11.8. The van der Waals surface area contributed by atoms with Crippen molar-refractivity contribution in [2.75, 3.05) is 16.8 Å². The molecule has 0 spiro atoms. The molecular weight excluding hydrogens is 499 g/mol. The summed E-state index contributed by atoms with van der Waals surface area (Å²) >= 11 is 1.21. The molecule has 37 heavy (non-hydrogen) atoms. The molecule has 0 saturated carbocycles. The van der Waals surface area contributed by atoms with Crippen LogP contribution in [-0.2, 0) is 5.60 Å². The number of nitrogens with two attached hydrogens (primary N) is 1. The molecule has 2 aromatic heterocycles. The molecule has 0 aliphatic carbocycles. The fourth-order valence-electron chi connectivity index (χ4n) is 4.18. The van der Waals surface area contributed by atoms with Gasteiger partial charge in [-0.1, -0.05) is 6.07 Å². The quantitative estimate of drug-likeness (QED) is 0.361. The molecule has 3 heterocycles. The van der Waals surface area contributed by atoms with Gasteiger partial charge >= 0.3 is 0 Å². The Balaban J connectivity index is 1.54. The third-order valence-electron chi connectivity index (χ3n) is 6.26. The van der Waals surface area contributed by atoms with E-state index in [1.165, 1.54) is 29.7 Å². The molecule has 5 N–H and O–H groups in total. The number of hydrogen-bond donors (Lipinski definition) is 4. The van der Waals surface area contributed by atoms with Gasteiger partial charge in [0.25, 0.3) is 11.8 Å². The first-order chi connectivity index (χ1) is 17.4. The number of carbonyl (C=O) groups is 2. The molecule has 4 rings (SSSR count). The third kappa shape index (κ3) is 5.83. The van der Waals surface area contributed by atoms with Gasteiger partial charge in [-0.15, -0.1) is 10.2 Å². The van der Waals surface area contributed by atoms with E-state index in [-0.39, 0.29) is 35.1 Å². The Morgan fingerprint density at radius 2 is 2.03 bits per heavy atom. The highest BCUT2D eigenvalue weighted by atomic mass is 32.1. The summed E-state index contributed by atoms with van der Waals surface area (Å²) in [6, 6.07) is 5.31. The SMILES string of the molecule is Cc1cc(Nc2nc(N3CCC[C@@H](NC(=O)c4ccc(C(C)(C)O)cc4F)[C@H]3C)nnc2C(N)=O)sn1. The number of piperidine rings is 1.